The molecule has 10 nitrogen and oxygen atoms in total. The minimum atomic E-state index is 0.537. The zero-order chi connectivity index (χ0) is 23.5. The minimum absolute atomic E-state index is 0.537. The fourth-order valence-corrected chi connectivity index (χ4v) is 4.82. The average molecular weight is 465 g/mol. The quantitative estimate of drug-likeness (QED) is 0.229. The summed E-state index contributed by atoms with van der Waals surface area (Å²) in [6.45, 7) is 11.1. The van der Waals surface area contributed by atoms with Gasteiger partial charge in [0.05, 0.1) is 26.0 Å². The van der Waals surface area contributed by atoms with Gasteiger partial charge in [0.1, 0.15) is 5.82 Å². The number of imidazole rings is 2. The Balaban J connectivity index is 1.70. The Morgan fingerprint density at radius 3 is 2.76 bits per heavy atom. The lowest BCUT2D eigenvalue weighted by Gasteiger charge is -2.32. The summed E-state index contributed by atoms with van der Waals surface area (Å²) >= 11 is 0. The Labute approximate surface area is 200 Å². The lowest BCUT2D eigenvalue weighted by atomic mass is 10.2. The second-order valence-corrected chi connectivity index (χ2v) is 9.30. The van der Waals surface area contributed by atoms with Crippen LogP contribution < -0.4 is 9.80 Å². The van der Waals surface area contributed by atoms with E-state index in [2.05, 4.69) is 61.9 Å². The monoisotopic (exact) mass is 464 g/mol. The van der Waals surface area contributed by atoms with Crippen molar-refractivity contribution in [1.29, 1.82) is 0 Å². The third-order valence-corrected chi connectivity index (χ3v) is 6.74. The van der Waals surface area contributed by atoms with Crippen LogP contribution in [0.1, 0.15) is 70.3 Å². The van der Waals surface area contributed by atoms with Crippen molar-refractivity contribution in [3.05, 3.63) is 24.2 Å². The lowest BCUT2D eigenvalue weighted by Crippen LogP contribution is -2.52. The van der Waals surface area contributed by atoms with Crippen LogP contribution >= 0.6 is 0 Å². The number of nitrogens with zero attached hydrogens (tertiary/aromatic N) is 7. The van der Waals surface area contributed by atoms with E-state index >= 15 is 0 Å². The van der Waals surface area contributed by atoms with Crippen molar-refractivity contribution in [1.82, 2.24) is 39.7 Å². The molecule has 3 aromatic rings. The molecule has 0 radical (unpaired) electrons. The predicted octanol–water partition coefficient (Wildman–Crippen LogP) is 3.21. The first kappa shape index (κ1) is 22.8. The molecule has 1 aliphatic carbocycles. The van der Waals surface area contributed by atoms with Crippen LogP contribution in [0.4, 0.5) is 11.6 Å². The molecule has 4 heterocycles. The number of quaternary nitrogens is 1. The van der Waals surface area contributed by atoms with Crippen molar-refractivity contribution < 1.29 is 4.58 Å². The van der Waals surface area contributed by atoms with E-state index in [0.717, 1.165) is 78.6 Å². The van der Waals surface area contributed by atoms with Crippen molar-refractivity contribution in [3.63, 3.8) is 0 Å². The van der Waals surface area contributed by atoms with Crippen LogP contribution in [-0.4, -0.2) is 79.4 Å². The Kier molecular flexibility index (Phi) is 6.51. The van der Waals surface area contributed by atoms with E-state index in [4.69, 9.17) is 9.98 Å². The van der Waals surface area contributed by atoms with Crippen LogP contribution in [0.2, 0.25) is 0 Å². The second-order valence-electron chi connectivity index (χ2n) is 9.30. The number of unbranched alkanes of at least 4 members (excludes halogenated alkanes) is 1. The Hall–Kier alpha value is -2.98. The van der Waals surface area contributed by atoms with Gasteiger partial charge in [0.15, 0.2) is 17.5 Å². The smallest absolute Gasteiger partial charge is 0.302 e. The molecule has 5 rings (SSSR count). The maximum atomic E-state index is 5.17. The highest BCUT2D eigenvalue weighted by Crippen LogP contribution is 2.41. The van der Waals surface area contributed by atoms with Gasteiger partial charge in [-0.2, -0.15) is 4.98 Å². The number of fused-ring (bicyclic) bond motifs is 2. The first-order valence-electron chi connectivity index (χ1n) is 12.7. The summed E-state index contributed by atoms with van der Waals surface area (Å²) < 4.78 is 2.89. The highest BCUT2D eigenvalue weighted by atomic mass is 15.4. The molecule has 0 bridgehead atoms. The Bertz CT molecular complexity index is 1200. The summed E-state index contributed by atoms with van der Waals surface area (Å²) in [5, 5.41) is 3.44. The molecular weight excluding hydrogens is 428 g/mol. The Morgan fingerprint density at radius 2 is 2.00 bits per heavy atom. The van der Waals surface area contributed by atoms with Gasteiger partial charge < -0.3 is 10.3 Å². The molecule has 1 aliphatic heterocycles. The first-order chi connectivity index (χ1) is 16.7. The molecule has 0 aromatic carbocycles. The summed E-state index contributed by atoms with van der Waals surface area (Å²) in [4.78, 5) is 30.6. The number of rotatable bonds is 11. The molecule has 0 saturated heterocycles. The minimum Gasteiger partial charge on any atom is -0.338 e. The number of H-pyrrole nitrogens is 2. The van der Waals surface area contributed by atoms with Crippen molar-refractivity contribution in [2.24, 2.45) is 4.99 Å². The van der Waals surface area contributed by atoms with Gasteiger partial charge in [-0.3, -0.25) is 4.98 Å². The molecule has 1 saturated carbocycles. The summed E-state index contributed by atoms with van der Waals surface area (Å²) in [5.41, 5.74) is 2.42. The largest absolute Gasteiger partial charge is 0.338 e. The third-order valence-electron chi connectivity index (χ3n) is 6.74. The zero-order valence-corrected chi connectivity index (χ0v) is 20.5. The SMILES string of the molecule is CCCC[N+]1(CCC)C=NC(=[N+](CCNCC)c2ncnc3nc[nH]c23)c2nc(C3CC3)[nH]c21. The Morgan fingerprint density at radius 1 is 1.12 bits per heavy atom. The van der Waals surface area contributed by atoms with Gasteiger partial charge in [0, 0.05) is 12.5 Å². The van der Waals surface area contributed by atoms with Gasteiger partial charge in [-0.05, 0) is 32.2 Å². The highest BCUT2D eigenvalue weighted by molar-refractivity contribution is 6.07. The molecule has 1 atom stereocenters. The number of hydrogen-bond donors (Lipinski definition) is 3. The van der Waals surface area contributed by atoms with Gasteiger partial charge in [-0.1, -0.05) is 37.2 Å². The van der Waals surface area contributed by atoms with E-state index in [1.807, 2.05) is 0 Å². The van der Waals surface area contributed by atoms with Gasteiger partial charge in [-0.25, -0.2) is 19.0 Å². The standard InChI is InChI=1S/C24H35N10/c1-4-7-13-34(12-5-2)16-30-23(19-24(34)32-20(31-19)17-8-9-17)33(11-10-25-6-3)22-18-21(27-14-26-18)28-15-29-22/h14-17,25H,4-13H2,1-3H3,(H,26,27,28,29)/q+1/p+1. The van der Waals surface area contributed by atoms with E-state index < -0.39 is 0 Å². The topological polar surface area (TPSA) is 111 Å². The van der Waals surface area contributed by atoms with Crippen LogP contribution in [0.3, 0.4) is 0 Å². The normalized spacial score (nSPS) is 21.3. The van der Waals surface area contributed by atoms with Gasteiger partial charge in [0.2, 0.25) is 11.5 Å². The molecule has 3 aromatic heterocycles. The molecule has 10 heteroatoms. The number of hydrogen-bond acceptors (Lipinski definition) is 5. The first-order valence-corrected chi connectivity index (χ1v) is 12.7. The summed E-state index contributed by atoms with van der Waals surface area (Å²) in [7, 11) is 0. The van der Waals surface area contributed by atoms with Crippen molar-refractivity contribution in [2.45, 2.75) is 58.8 Å². The van der Waals surface area contributed by atoms with Crippen molar-refractivity contribution in [3.8, 4) is 0 Å². The van der Waals surface area contributed by atoms with Crippen molar-refractivity contribution in [2.75, 3.05) is 32.7 Å². The molecule has 1 fully saturated rings. The number of nitrogens with one attached hydrogen (secondary N) is 3. The molecule has 0 spiro atoms. The zero-order valence-electron chi connectivity index (χ0n) is 20.5. The van der Waals surface area contributed by atoms with Gasteiger partial charge in [0.25, 0.3) is 12.2 Å². The molecular formula is C24H36N10+2. The number of aliphatic imine (C=N–C) groups is 1. The summed E-state index contributed by atoms with van der Waals surface area (Å²) in [5.74, 6) is 4.43. The lowest BCUT2D eigenvalue weighted by molar-refractivity contribution is -0.441. The number of likely N-dealkylation sites (N-methyl/N-ethyl adjacent to an activating group) is 1. The fraction of sp³-hybridized carbons (Fsp3) is 0.583. The van der Waals surface area contributed by atoms with Gasteiger partial charge >= 0.3 is 5.84 Å². The van der Waals surface area contributed by atoms with Crippen LogP contribution in [0.25, 0.3) is 11.2 Å². The van der Waals surface area contributed by atoms with E-state index in [9.17, 15) is 0 Å². The van der Waals surface area contributed by atoms with E-state index in [1.54, 1.807) is 12.7 Å². The number of aromatic nitrogens is 6. The molecule has 34 heavy (non-hydrogen) atoms. The van der Waals surface area contributed by atoms with E-state index in [0.29, 0.717) is 18.1 Å². The molecule has 180 valence electrons. The fourth-order valence-electron chi connectivity index (χ4n) is 4.82. The maximum Gasteiger partial charge on any atom is 0.302 e. The number of amidine groups is 1. The van der Waals surface area contributed by atoms with Crippen LogP contribution in [0, 0.1) is 0 Å². The van der Waals surface area contributed by atoms with Crippen LogP contribution in [0.5, 0.6) is 0 Å². The van der Waals surface area contributed by atoms with Crippen LogP contribution in [0.15, 0.2) is 17.6 Å². The van der Waals surface area contributed by atoms with Gasteiger partial charge in [-0.15, -0.1) is 0 Å². The highest BCUT2D eigenvalue weighted by Gasteiger charge is 2.44. The molecule has 2 aliphatic rings. The van der Waals surface area contributed by atoms with E-state index in [1.165, 1.54) is 18.7 Å². The molecule has 3 N–H and O–H groups in total. The summed E-state index contributed by atoms with van der Waals surface area (Å²) in [6, 6.07) is 0. The maximum absolute atomic E-state index is 5.17. The van der Waals surface area contributed by atoms with E-state index in [-0.39, 0.29) is 0 Å². The molecule has 0 amide bonds. The number of aromatic amines is 2. The third kappa shape index (κ3) is 4.16. The summed E-state index contributed by atoms with van der Waals surface area (Å²) in [6.07, 6.45) is 11.2. The predicted molar refractivity (Wildman–Crippen MR) is 135 cm³/mol. The average Bonchev–Trinajstić information content (AvgIpc) is 3.40. The molecule has 1 unspecified atom stereocenters. The second kappa shape index (κ2) is 9.71. The van der Waals surface area contributed by atoms with Crippen molar-refractivity contribution >= 4 is 35.0 Å². The van der Waals surface area contributed by atoms with Crippen LogP contribution in [-0.2, 0) is 0 Å².